The molecule has 0 amide bonds. The van der Waals surface area contributed by atoms with Crippen LogP contribution >= 0.6 is 0 Å². The second-order valence-electron chi connectivity index (χ2n) is 4.75. The van der Waals surface area contributed by atoms with E-state index in [1.54, 1.807) is 0 Å². The molecular formula is C10H4Li4O12S4. The first-order valence-corrected chi connectivity index (χ1v) is 11.5. The van der Waals surface area contributed by atoms with Crippen LogP contribution in [0, 0.1) is 0 Å². The summed E-state index contributed by atoms with van der Waals surface area (Å²) in [6.45, 7) is 0. The van der Waals surface area contributed by atoms with Gasteiger partial charge in [0.2, 0.25) is 0 Å². The van der Waals surface area contributed by atoms with Gasteiger partial charge in [0.05, 0.1) is 19.6 Å². The first kappa shape index (κ1) is 35.3. The Bertz CT molecular complexity index is 1260. The SMILES string of the molecule is O=S(=O)([O-])c1cc(S(=O)(=O)[O-])c2cc(S(=O)(=O)[O-])cc(S(=O)(=O)[O-])c2c1.[Li+].[Li+].[Li+].[Li+]. The van der Waals surface area contributed by atoms with Crippen LogP contribution in [0.5, 0.6) is 0 Å². The van der Waals surface area contributed by atoms with Gasteiger partial charge in [0, 0.05) is 10.8 Å². The molecule has 0 saturated carbocycles. The fourth-order valence-electron chi connectivity index (χ4n) is 2.05. The van der Waals surface area contributed by atoms with E-state index in [1.165, 1.54) is 0 Å². The maximum absolute atomic E-state index is 11.3. The molecule has 0 spiro atoms. The van der Waals surface area contributed by atoms with Gasteiger partial charge in [0.1, 0.15) is 40.5 Å². The Morgan fingerprint density at radius 1 is 0.433 bits per heavy atom. The molecule has 0 saturated heterocycles. The van der Waals surface area contributed by atoms with Crippen molar-refractivity contribution in [1.29, 1.82) is 0 Å². The molecule has 0 aliphatic carbocycles. The second kappa shape index (κ2) is 11.2. The van der Waals surface area contributed by atoms with Gasteiger partial charge in [-0.05, 0) is 24.3 Å². The van der Waals surface area contributed by atoms with Crippen LogP contribution in [0.25, 0.3) is 10.8 Å². The predicted molar refractivity (Wildman–Crippen MR) is 75.8 cm³/mol. The van der Waals surface area contributed by atoms with Crippen molar-refractivity contribution in [2.45, 2.75) is 19.6 Å². The molecule has 0 bridgehead atoms. The maximum atomic E-state index is 11.3. The molecule has 0 N–H and O–H groups in total. The van der Waals surface area contributed by atoms with Crippen LogP contribution in [-0.4, -0.2) is 51.9 Å². The summed E-state index contributed by atoms with van der Waals surface area (Å²) in [5.74, 6) is 0. The van der Waals surface area contributed by atoms with Gasteiger partial charge < -0.3 is 18.2 Å². The van der Waals surface area contributed by atoms with E-state index in [0.29, 0.717) is 0 Å². The normalized spacial score (nSPS) is 12.0. The molecule has 20 heteroatoms. The van der Waals surface area contributed by atoms with Crippen molar-refractivity contribution in [2.24, 2.45) is 0 Å². The average Bonchev–Trinajstić information content (AvgIpc) is 2.40. The van der Waals surface area contributed by atoms with Crippen molar-refractivity contribution in [2.75, 3.05) is 0 Å². The Labute approximate surface area is 220 Å². The van der Waals surface area contributed by atoms with E-state index in [-0.39, 0.29) is 99.7 Å². The van der Waals surface area contributed by atoms with E-state index in [9.17, 15) is 51.9 Å². The number of benzene rings is 2. The largest absolute Gasteiger partial charge is 1.00 e. The zero-order chi connectivity index (χ0) is 20.3. The Morgan fingerprint density at radius 3 is 0.833 bits per heavy atom. The van der Waals surface area contributed by atoms with Gasteiger partial charge in [-0.15, -0.1) is 0 Å². The van der Waals surface area contributed by atoms with E-state index in [1.807, 2.05) is 0 Å². The third-order valence-electron chi connectivity index (χ3n) is 3.06. The van der Waals surface area contributed by atoms with Crippen LogP contribution in [0.15, 0.2) is 43.8 Å². The van der Waals surface area contributed by atoms with Crippen LogP contribution in [-0.2, 0) is 40.5 Å². The van der Waals surface area contributed by atoms with Crippen molar-refractivity contribution in [3.63, 3.8) is 0 Å². The molecule has 0 radical (unpaired) electrons. The van der Waals surface area contributed by atoms with Gasteiger partial charge in [-0.2, -0.15) is 0 Å². The number of rotatable bonds is 4. The molecule has 0 aromatic heterocycles. The monoisotopic (exact) mass is 472 g/mol. The molecule has 2 aromatic carbocycles. The van der Waals surface area contributed by atoms with Crippen LogP contribution in [0.3, 0.4) is 0 Å². The molecule has 0 heterocycles. The molecule has 0 fully saturated rings. The smallest absolute Gasteiger partial charge is 0.744 e. The predicted octanol–water partition coefficient (Wildman–Crippen LogP) is -13.5. The molecule has 2 rings (SSSR count). The van der Waals surface area contributed by atoms with Crippen molar-refractivity contribution in [3.8, 4) is 0 Å². The Hall–Kier alpha value is 0.730. The van der Waals surface area contributed by atoms with E-state index >= 15 is 0 Å². The quantitative estimate of drug-likeness (QED) is 0.298. The van der Waals surface area contributed by atoms with E-state index in [4.69, 9.17) is 0 Å². The van der Waals surface area contributed by atoms with Crippen LogP contribution in [0.4, 0.5) is 0 Å². The first-order chi connectivity index (χ1) is 11.4. The summed E-state index contributed by atoms with van der Waals surface area (Å²) in [5, 5.41) is -2.06. The Morgan fingerprint density at radius 2 is 0.667 bits per heavy atom. The Balaban J connectivity index is -0.00000182. The van der Waals surface area contributed by atoms with Gasteiger partial charge in [0.25, 0.3) is 0 Å². The summed E-state index contributed by atoms with van der Waals surface area (Å²) >= 11 is 0. The summed E-state index contributed by atoms with van der Waals surface area (Å²) in [7, 11) is -22.0. The van der Waals surface area contributed by atoms with Gasteiger partial charge in [-0.25, -0.2) is 33.7 Å². The van der Waals surface area contributed by atoms with Crippen molar-refractivity contribution in [3.05, 3.63) is 24.3 Å². The van der Waals surface area contributed by atoms with Gasteiger partial charge in [-0.1, -0.05) is 0 Å². The summed E-state index contributed by atoms with van der Waals surface area (Å²) in [4.78, 5) is -5.72. The second-order valence-corrected chi connectivity index (χ2v) is 10.2. The molecule has 12 nitrogen and oxygen atoms in total. The molecule has 0 aliphatic rings. The standard InChI is InChI=1S/C10H8O12S4.4Li/c11-23(12,13)5-1-7-8(10(3-5)26(20,21)22)2-6(24(14,15)16)4-9(7)25(17,18)19;;;;/h1-4H,(H,11,12,13)(H,14,15,16)(H,17,18,19)(H,20,21,22);;;;/q;4*+1/p-4. The zero-order valence-electron chi connectivity index (χ0n) is 15.8. The minimum atomic E-state index is -5.58. The fourth-order valence-corrected chi connectivity index (χ4v) is 4.66. The zero-order valence-corrected chi connectivity index (χ0v) is 19.1. The van der Waals surface area contributed by atoms with Gasteiger partial charge >= 0.3 is 75.4 Å². The summed E-state index contributed by atoms with van der Waals surface area (Å²) in [5.41, 5.74) is 0. The van der Waals surface area contributed by atoms with Crippen LogP contribution in [0.2, 0.25) is 0 Å². The van der Waals surface area contributed by atoms with Gasteiger partial charge in [-0.3, -0.25) is 0 Å². The molecule has 30 heavy (non-hydrogen) atoms. The third kappa shape index (κ3) is 7.95. The maximum Gasteiger partial charge on any atom is 1.00 e. The van der Waals surface area contributed by atoms with E-state index < -0.39 is 70.8 Å². The third-order valence-corrected chi connectivity index (χ3v) is 6.44. The minimum absolute atomic E-state index is 0. The number of hydrogen-bond acceptors (Lipinski definition) is 12. The van der Waals surface area contributed by atoms with E-state index in [2.05, 4.69) is 0 Å². The average molecular weight is 472 g/mol. The van der Waals surface area contributed by atoms with Crippen molar-refractivity contribution >= 4 is 51.2 Å². The molecule has 144 valence electrons. The Kier molecular flexibility index (Phi) is 13.2. The summed E-state index contributed by atoms with van der Waals surface area (Å²) < 4.78 is 135. The van der Waals surface area contributed by atoms with Crippen LogP contribution in [0.1, 0.15) is 0 Å². The van der Waals surface area contributed by atoms with Crippen molar-refractivity contribution in [1.82, 2.24) is 0 Å². The summed E-state index contributed by atoms with van der Waals surface area (Å²) in [6.07, 6.45) is 0. The fraction of sp³-hybridized carbons (Fsp3) is 0. The molecule has 0 unspecified atom stereocenters. The van der Waals surface area contributed by atoms with E-state index in [0.717, 1.165) is 0 Å². The van der Waals surface area contributed by atoms with Crippen molar-refractivity contribution < 1.29 is 127 Å². The van der Waals surface area contributed by atoms with Crippen LogP contribution < -0.4 is 75.4 Å². The number of hydrogen-bond donors (Lipinski definition) is 0. The first-order valence-electron chi connectivity index (χ1n) is 5.88. The topological polar surface area (TPSA) is 229 Å². The molecule has 0 atom stereocenters. The van der Waals surface area contributed by atoms with Gasteiger partial charge in [0.15, 0.2) is 0 Å². The molecular weight excluding hydrogens is 468 g/mol. The minimum Gasteiger partial charge on any atom is -0.744 e. The molecule has 0 aliphatic heterocycles. The number of fused-ring (bicyclic) bond motifs is 1. The molecule has 2 aromatic rings. The summed E-state index contributed by atoms with van der Waals surface area (Å²) in [6, 6.07) is 0.682.